The van der Waals surface area contributed by atoms with E-state index in [1.54, 1.807) is 6.20 Å². The highest BCUT2D eigenvalue weighted by atomic mass is 16.5. The van der Waals surface area contributed by atoms with Crippen molar-refractivity contribution in [2.75, 3.05) is 6.54 Å². The van der Waals surface area contributed by atoms with Gasteiger partial charge >= 0.3 is 6.09 Å². The number of alkyl carbamates (subject to hydrolysis) is 1. The van der Waals surface area contributed by atoms with Crippen molar-refractivity contribution in [3.05, 3.63) is 53.6 Å². The van der Waals surface area contributed by atoms with Crippen LogP contribution in [0.4, 0.5) is 4.79 Å². The molecule has 2 aromatic rings. The summed E-state index contributed by atoms with van der Waals surface area (Å²) < 4.78 is 5.10. The van der Waals surface area contributed by atoms with Crippen LogP contribution in [0.15, 0.2) is 36.5 Å². The number of H-pyrrole nitrogens is 1. The number of amides is 1. The smallest absolute Gasteiger partial charge is 0.407 e. The van der Waals surface area contributed by atoms with Gasteiger partial charge in [0.15, 0.2) is 0 Å². The van der Waals surface area contributed by atoms with Crippen molar-refractivity contribution in [1.29, 1.82) is 0 Å². The molecule has 0 fully saturated rings. The SMILES string of the molecule is Cc1ncc(CCNC(=O)OCc2ccccc2)[nH]1. The van der Waals surface area contributed by atoms with Crippen LogP contribution in [0.3, 0.4) is 0 Å². The Morgan fingerprint density at radius 3 is 2.84 bits per heavy atom. The number of carbonyl (C=O) groups excluding carboxylic acids is 1. The number of hydrogen-bond acceptors (Lipinski definition) is 3. The minimum Gasteiger partial charge on any atom is -0.445 e. The Morgan fingerprint density at radius 1 is 1.37 bits per heavy atom. The highest BCUT2D eigenvalue weighted by Gasteiger charge is 2.03. The Bertz CT molecular complexity index is 522. The summed E-state index contributed by atoms with van der Waals surface area (Å²) >= 11 is 0. The third-order valence-electron chi connectivity index (χ3n) is 2.63. The Balaban J connectivity index is 1.65. The van der Waals surface area contributed by atoms with Crippen molar-refractivity contribution >= 4 is 6.09 Å². The number of aryl methyl sites for hydroxylation is 1. The largest absolute Gasteiger partial charge is 0.445 e. The van der Waals surface area contributed by atoms with Crippen molar-refractivity contribution < 1.29 is 9.53 Å². The highest BCUT2D eigenvalue weighted by Crippen LogP contribution is 2.00. The second-order valence-electron chi connectivity index (χ2n) is 4.23. The van der Waals surface area contributed by atoms with Gasteiger partial charge < -0.3 is 15.0 Å². The van der Waals surface area contributed by atoms with E-state index in [0.717, 1.165) is 17.1 Å². The average Bonchev–Trinajstić information content (AvgIpc) is 2.83. The van der Waals surface area contributed by atoms with Gasteiger partial charge in [0.2, 0.25) is 0 Å². The lowest BCUT2D eigenvalue weighted by Crippen LogP contribution is -2.26. The molecular formula is C14H17N3O2. The molecule has 100 valence electrons. The molecule has 1 aromatic heterocycles. The third kappa shape index (κ3) is 4.46. The van der Waals surface area contributed by atoms with Crippen molar-refractivity contribution in [3.63, 3.8) is 0 Å². The van der Waals surface area contributed by atoms with Gasteiger partial charge in [0.05, 0.1) is 0 Å². The number of aromatic nitrogens is 2. The lowest BCUT2D eigenvalue weighted by Gasteiger charge is -2.06. The molecule has 2 rings (SSSR count). The molecular weight excluding hydrogens is 242 g/mol. The molecule has 0 radical (unpaired) electrons. The Morgan fingerprint density at radius 2 is 2.16 bits per heavy atom. The number of nitrogens with zero attached hydrogens (tertiary/aromatic N) is 1. The van der Waals surface area contributed by atoms with Crippen LogP contribution >= 0.6 is 0 Å². The first-order valence-corrected chi connectivity index (χ1v) is 6.19. The minimum absolute atomic E-state index is 0.288. The first-order valence-electron chi connectivity index (χ1n) is 6.19. The number of benzene rings is 1. The summed E-state index contributed by atoms with van der Waals surface area (Å²) in [4.78, 5) is 18.6. The van der Waals surface area contributed by atoms with Gasteiger partial charge in [-0.1, -0.05) is 30.3 Å². The van der Waals surface area contributed by atoms with Crippen molar-refractivity contribution in [2.45, 2.75) is 20.0 Å². The van der Waals surface area contributed by atoms with Crippen LogP contribution in [0.25, 0.3) is 0 Å². The van der Waals surface area contributed by atoms with Crippen LogP contribution in [0.2, 0.25) is 0 Å². The normalized spacial score (nSPS) is 10.2. The molecule has 0 saturated carbocycles. The van der Waals surface area contributed by atoms with E-state index in [1.165, 1.54) is 0 Å². The van der Waals surface area contributed by atoms with Crippen molar-refractivity contribution in [1.82, 2.24) is 15.3 Å². The van der Waals surface area contributed by atoms with Gasteiger partial charge in [-0.15, -0.1) is 0 Å². The zero-order valence-corrected chi connectivity index (χ0v) is 10.8. The summed E-state index contributed by atoms with van der Waals surface area (Å²) in [5, 5.41) is 2.70. The van der Waals surface area contributed by atoms with Gasteiger partial charge in [0, 0.05) is 24.9 Å². The molecule has 2 N–H and O–H groups in total. The zero-order valence-electron chi connectivity index (χ0n) is 10.8. The molecule has 0 aliphatic rings. The summed E-state index contributed by atoms with van der Waals surface area (Å²) in [7, 11) is 0. The molecule has 5 nitrogen and oxygen atoms in total. The lowest BCUT2D eigenvalue weighted by molar-refractivity contribution is 0.140. The fourth-order valence-electron chi connectivity index (χ4n) is 1.67. The summed E-state index contributed by atoms with van der Waals surface area (Å²) in [5.74, 6) is 0.877. The maximum atomic E-state index is 11.5. The van der Waals surface area contributed by atoms with Crippen LogP contribution < -0.4 is 5.32 Å². The molecule has 1 heterocycles. The first kappa shape index (κ1) is 13.1. The van der Waals surface area contributed by atoms with Crippen LogP contribution in [0, 0.1) is 6.92 Å². The number of carbonyl (C=O) groups is 1. The van der Waals surface area contributed by atoms with Gasteiger partial charge in [-0.3, -0.25) is 0 Å². The second kappa shape index (κ2) is 6.58. The summed E-state index contributed by atoms with van der Waals surface area (Å²) in [6, 6.07) is 9.59. The molecule has 0 spiro atoms. The molecule has 1 amide bonds. The topological polar surface area (TPSA) is 67.0 Å². The molecule has 0 saturated heterocycles. The maximum Gasteiger partial charge on any atom is 0.407 e. The second-order valence-corrected chi connectivity index (χ2v) is 4.23. The van der Waals surface area contributed by atoms with E-state index in [0.29, 0.717) is 13.0 Å². The summed E-state index contributed by atoms with van der Waals surface area (Å²) in [5.41, 5.74) is 1.97. The third-order valence-corrected chi connectivity index (χ3v) is 2.63. The lowest BCUT2D eigenvalue weighted by atomic mass is 10.2. The fraction of sp³-hybridized carbons (Fsp3) is 0.286. The number of aromatic amines is 1. The fourth-order valence-corrected chi connectivity index (χ4v) is 1.67. The monoisotopic (exact) mass is 259 g/mol. The number of nitrogens with one attached hydrogen (secondary N) is 2. The van der Waals surface area contributed by atoms with Gasteiger partial charge in [-0.2, -0.15) is 0 Å². The number of hydrogen-bond donors (Lipinski definition) is 2. The molecule has 0 unspecified atom stereocenters. The molecule has 0 aliphatic carbocycles. The van der Waals surface area contributed by atoms with E-state index >= 15 is 0 Å². The van der Waals surface area contributed by atoms with Crippen molar-refractivity contribution in [3.8, 4) is 0 Å². The Kier molecular flexibility index (Phi) is 4.55. The van der Waals surface area contributed by atoms with Crippen LogP contribution in [0.5, 0.6) is 0 Å². The van der Waals surface area contributed by atoms with E-state index in [9.17, 15) is 4.79 Å². The van der Waals surface area contributed by atoms with Gasteiger partial charge in [-0.05, 0) is 12.5 Å². The predicted octanol–water partition coefficient (Wildman–Crippen LogP) is 2.19. The van der Waals surface area contributed by atoms with Crippen LogP contribution in [-0.4, -0.2) is 22.6 Å². The molecule has 1 aromatic carbocycles. The Labute approximate surface area is 112 Å². The summed E-state index contributed by atoms with van der Waals surface area (Å²) in [6.07, 6.45) is 2.08. The molecule has 0 atom stereocenters. The van der Waals surface area contributed by atoms with Crippen molar-refractivity contribution in [2.24, 2.45) is 0 Å². The maximum absolute atomic E-state index is 11.5. The number of imidazole rings is 1. The van der Waals surface area contributed by atoms with E-state index in [1.807, 2.05) is 37.3 Å². The van der Waals surface area contributed by atoms with E-state index < -0.39 is 6.09 Å². The van der Waals surface area contributed by atoms with E-state index in [4.69, 9.17) is 4.74 Å². The zero-order chi connectivity index (χ0) is 13.5. The minimum atomic E-state index is -0.403. The average molecular weight is 259 g/mol. The summed E-state index contributed by atoms with van der Waals surface area (Å²) in [6.45, 7) is 2.70. The van der Waals surface area contributed by atoms with Gasteiger partial charge in [0.1, 0.15) is 12.4 Å². The Hall–Kier alpha value is -2.30. The molecule has 0 aliphatic heterocycles. The van der Waals surface area contributed by atoms with Gasteiger partial charge in [0.25, 0.3) is 0 Å². The molecule has 0 bridgehead atoms. The standard InChI is InChI=1S/C14H17N3O2/c1-11-16-9-13(17-11)7-8-15-14(18)19-10-12-5-3-2-4-6-12/h2-6,9H,7-8,10H2,1H3,(H,15,18)(H,16,17). The molecule has 19 heavy (non-hydrogen) atoms. The van der Waals surface area contributed by atoms with E-state index in [-0.39, 0.29) is 6.61 Å². The predicted molar refractivity (Wildman–Crippen MR) is 71.7 cm³/mol. The van der Waals surface area contributed by atoms with E-state index in [2.05, 4.69) is 15.3 Å². The van der Waals surface area contributed by atoms with Crippen LogP contribution in [0.1, 0.15) is 17.1 Å². The first-order chi connectivity index (χ1) is 9.24. The number of rotatable bonds is 5. The number of ether oxygens (including phenoxy) is 1. The van der Waals surface area contributed by atoms with Gasteiger partial charge in [-0.25, -0.2) is 9.78 Å². The molecule has 5 heteroatoms. The highest BCUT2D eigenvalue weighted by molar-refractivity contribution is 5.67. The van der Waals surface area contributed by atoms with Crippen LogP contribution in [-0.2, 0) is 17.8 Å². The quantitative estimate of drug-likeness (QED) is 0.865.